The molecule has 0 atom stereocenters. The Morgan fingerprint density at radius 2 is 2.33 bits per heavy atom. The molecule has 0 saturated heterocycles. The molecule has 0 spiro atoms. The number of rotatable bonds is 4. The molecule has 0 bridgehead atoms. The molecule has 1 aromatic rings. The predicted molar refractivity (Wildman–Crippen MR) is 56.4 cm³/mol. The second-order valence-corrected chi connectivity index (χ2v) is 3.07. The number of ether oxygens (including phenoxy) is 1. The van der Waals surface area contributed by atoms with Crippen LogP contribution in [0, 0.1) is 6.92 Å². The first-order chi connectivity index (χ1) is 7.02. The minimum Gasteiger partial charge on any atom is -0.448 e. The number of anilines is 2. The van der Waals surface area contributed by atoms with Gasteiger partial charge in [0.1, 0.15) is 12.4 Å². The molecule has 0 aromatic carbocycles. The first-order valence-electron chi connectivity index (χ1n) is 4.47. The number of aryl methyl sites for hydroxylation is 2. The molecule has 0 radical (unpaired) electrons. The van der Waals surface area contributed by atoms with Crippen molar-refractivity contribution in [2.75, 3.05) is 24.2 Å². The van der Waals surface area contributed by atoms with E-state index in [0.29, 0.717) is 18.1 Å². The van der Waals surface area contributed by atoms with Gasteiger partial charge in [0.15, 0.2) is 0 Å². The highest BCUT2D eigenvalue weighted by Gasteiger charge is 2.08. The number of carbonyl (C=O) groups excluding carboxylic acids is 1. The molecule has 1 aromatic heterocycles. The summed E-state index contributed by atoms with van der Waals surface area (Å²) in [6, 6.07) is 0. The van der Waals surface area contributed by atoms with Crippen LogP contribution in [0.5, 0.6) is 0 Å². The molecular formula is C8H15N5O2. The molecule has 7 heteroatoms. The van der Waals surface area contributed by atoms with Crippen molar-refractivity contribution in [3.63, 3.8) is 0 Å². The molecule has 5 N–H and O–H groups in total. The standard InChI is InChI=1S/C8H15N5O2/c1-5-6(9)7(13(2)12-5)11-3-4-15-8(10)14/h11H,3-4,9H2,1-2H3,(H2,10,14). The first kappa shape index (κ1) is 11.2. The maximum Gasteiger partial charge on any atom is 0.404 e. The Morgan fingerprint density at radius 1 is 1.67 bits per heavy atom. The Morgan fingerprint density at radius 3 is 2.80 bits per heavy atom. The van der Waals surface area contributed by atoms with Crippen LogP contribution in [0.4, 0.5) is 16.3 Å². The van der Waals surface area contributed by atoms with E-state index in [2.05, 4.69) is 15.2 Å². The zero-order valence-electron chi connectivity index (χ0n) is 8.78. The fourth-order valence-corrected chi connectivity index (χ4v) is 1.21. The monoisotopic (exact) mass is 213 g/mol. The number of hydrogen-bond acceptors (Lipinski definition) is 5. The maximum absolute atomic E-state index is 10.3. The summed E-state index contributed by atoms with van der Waals surface area (Å²) in [7, 11) is 1.78. The summed E-state index contributed by atoms with van der Waals surface area (Å²) in [5, 5.41) is 7.12. The molecule has 0 unspecified atom stereocenters. The van der Waals surface area contributed by atoms with Gasteiger partial charge in [0.2, 0.25) is 0 Å². The number of carbonyl (C=O) groups is 1. The molecule has 1 amide bonds. The zero-order chi connectivity index (χ0) is 11.4. The lowest BCUT2D eigenvalue weighted by Gasteiger charge is -2.07. The zero-order valence-corrected chi connectivity index (χ0v) is 8.78. The summed E-state index contributed by atoms with van der Waals surface area (Å²) >= 11 is 0. The van der Waals surface area contributed by atoms with Crippen LogP contribution in [0.1, 0.15) is 5.69 Å². The molecule has 0 aliphatic carbocycles. The van der Waals surface area contributed by atoms with Crippen molar-refractivity contribution in [1.29, 1.82) is 0 Å². The third kappa shape index (κ3) is 2.76. The summed E-state index contributed by atoms with van der Waals surface area (Å²) in [6.45, 7) is 2.45. The van der Waals surface area contributed by atoms with E-state index < -0.39 is 6.09 Å². The van der Waals surface area contributed by atoms with E-state index in [1.807, 2.05) is 6.92 Å². The van der Waals surface area contributed by atoms with Crippen molar-refractivity contribution in [3.05, 3.63) is 5.69 Å². The van der Waals surface area contributed by atoms with E-state index in [1.54, 1.807) is 11.7 Å². The van der Waals surface area contributed by atoms with Crippen molar-refractivity contribution >= 4 is 17.6 Å². The molecular weight excluding hydrogens is 198 g/mol. The van der Waals surface area contributed by atoms with Crippen LogP contribution in [0.3, 0.4) is 0 Å². The molecule has 7 nitrogen and oxygen atoms in total. The van der Waals surface area contributed by atoms with Crippen LogP contribution >= 0.6 is 0 Å². The van der Waals surface area contributed by atoms with Crippen LogP contribution in [0.15, 0.2) is 0 Å². The summed E-state index contributed by atoms with van der Waals surface area (Å²) < 4.78 is 6.19. The Bertz CT molecular complexity index is 360. The summed E-state index contributed by atoms with van der Waals surface area (Å²) in [4.78, 5) is 10.3. The minimum absolute atomic E-state index is 0.193. The van der Waals surface area contributed by atoms with E-state index in [1.165, 1.54) is 0 Å². The van der Waals surface area contributed by atoms with Gasteiger partial charge in [-0.15, -0.1) is 0 Å². The van der Waals surface area contributed by atoms with Crippen molar-refractivity contribution in [3.8, 4) is 0 Å². The van der Waals surface area contributed by atoms with Crippen LogP contribution in [-0.2, 0) is 11.8 Å². The lowest BCUT2D eigenvalue weighted by atomic mass is 10.4. The number of hydrogen-bond donors (Lipinski definition) is 3. The van der Waals surface area contributed by atoms with E-state index in [0.717, 1.165) is 5.69 Å². The minimum atomic E-state index is -0.786. The average Bonchev–Trinajstić information content (AvgIpc) is 2.37. The topological polar surface area (TPSA) is 108 Å². The quantitative estimate of drug-likeness (QED) is 0.601. The van der Waals surface area contributed by atoms with Gasteiger partial charge in [-0.3, -0.25) is 4.68 Å². The number of amides is 1. The predicted octanol–water partition coefficient (Wildman–Crippen LogP) is -0.182. The van der Waals surface area contributed by atoms with Gasteiger partial charge in [0, 0.05) is 7.05 Å². The number of nitrogens with one attached hydrogen (secondary N) is 1. The first-order valence-corrected chi connectivity index (χ1v) is 4.47. The van der Waals surface area contributed by atoms with E-state index >= 15 is 0 Å². The van der Waals surface area contributed by atoms with Gasteiger partial charge in [0.05, 0.1) is 17.9 Å². The highest BCUT2D eigenvalue weighted by Crippen LogP contribution is 2.20. The van der Waals surface area contributed by atoms with Gasteiger partial charge in [-0.1, -0.05) is 0 Å². The van der Waals surface area contributed by atoms with E-state index in [9.17, 15) is 4.79 Å². The molecule has 1 rings (SSSR count). The summed E-state index contributed by atoms with van der Waals surface area (Å²) in [6.07, 6.45) is -0.786. The normalized spacial score (nSPS) is 10.0. The lowest BCUT2D eigenvalue weighted by molar-refractivity contribution is 0.161. The van der Waals surface area contributed by atoms with Crippen molar-refractivity contribution in [1.82, 2.24) is 9.78 Å². The van der Waals surface area contributed by atoms with E-state index in [-0.39, 0.29) is 6.61 Å². The average molecular weight is 213 g/mol. The number of nitrogens with zero attached hydrogens (tertiary/aromatic N) is 2. The molecule has 0 saturated carbocycles. The number of nitrogens with two attached hydrogens (primary N) is 2. The fourth-order valence-electron chi connectivity index (χ4n) is 1.21. The third-order valence-electron chi connectivity index (χ3n) is 1.91. The molecule has 15 heavy (non-hydrogen) atoms. The highest BCUT2D eigenvalue weighted by molar-refractivity contribution is 5.65. The SMILES string of the molecule is Cc1nn(C)c(NCCOC(N)=O)c1N. The summed E-state index contributed by atoms with van der Waals surface area (Å²) in [5.74, 6) is 0.709. The number of primary amides is 1. The second kappa shape index (κ2) is 4.54. The van der Waals surface area contributed by atoms with Crippen LogP contribution < -0.4 is 16.8 Å². The molecule has 0 aliphatic rings. The highest BCUT2D eigenvalue weighted by atomic mass is 16.5. The lowest BCUT2D eigenvalue weighted by Crippen LogP contribution is -2.19. The summed E-state index contributed by atoms with van der Waals surface area (Å²) in [5.41, 5.74) is 11.9. The van der Waals surface area contributed by atoms with Crippen molar-refractivity contribution in [2.24, 2.45) is 12.8 Å². The van der Waals surface area contributed by atoms with Crippen molar-refractivity contribution in [2.45, 2.75) is 6.92 Å². The third-order valence-corrected chi connectivity index (χ3v) is 1.91. The van der Waals surface area contributed by atoms with Crippen LogP contribution in [0.2, 0.25) is 0 Å². The molecule has 1 heterocycles. The maximum atomic E-state index is 10.3. The van der Waals surface area contributed by atoms with Gasteiger partial charge in [0.25, 0.3) is 0 Å². The van der Waals surface area contributed by atoms with Crippen molar-refractivity contribution < 1.29 is 9.53 Å². The van der Waals surface area contributed by atoms with Gasteiger partial charge in [-0.2, -0.15) is 5.10 Å². The van der Waals surface area contributed by atoms with Crippen LogP contribution in [-0.4, -0.2) is 29.0 Å². The molecule has 0 fully saturated rings. The fraction of sp³-hybridized carbons (Fsp3) is 0.500. The van der Waals surface area contributed by atoms with Gasteiger partial charge in [-0.05, 0) is 6.92 Å². The molecule has 84 valence electrons. The Kier molecular flexibility index (Phi) is 3.37. The number of aromatic nitrogens is 2. The number of nitrogen functional groups attached to an aromatic ring is 1. The Hall–Kier alpha value is -1.92. The van der Waals surface area contributed by atoms with E-state index in [4.69, 9.17) is 11.5 Å². The smallest absolute Gasteiger partial charge is 0.404 e. The van der Waals surface area contributed by atoms with Crippen LogP contribution in [0.25, 0.3) is 0 Å². The molecule has 0 aliphatic heterocycles. The Balaban J connectivity index is 2.47. The van der Waals surface area contributed by atoms with Gasteiger partial charge < -0.3 is 21.5 Å². The van der Waals surface area contributed by atoms with Gasteiger partial charge in [-0.25, -0.2) is 4.79 Å². The Labute approximate surface area is 87.4 Å². The second-order valence-electron chi connectivity index (χ2n) is 3.07. The van der Waals surface area contributed by atoms with Gasteiger partial charge >= 0.3 is 6.09 Å². The largest absolute Gasteiger partial charge is 0.448 e.